The van der Waals surface area contributed by atoms with E-state index in [-0.39, 0.29) is 11.9 Å². The first-order chi connectivity index (χ1) is 11.5. The number of hydrogen-bond acceptors (Lipinski definition) is 7. The van der Waals surface area contributed by atoms with Crippen LogP contribution in [0.3, 0.4) is 0 Å². The summed E-state index contributed by atoms with van der Waals surface area (Å²) in [4.78, 5) is 16.1. The standard InChI is InChI=1S/C16H23N3O5/c1-5-6-7-23-13-12(22-4)11(9-21-3)24-15(13)19-8-10(2)14(17)18-16(19)20/h1,8,11-13,15H,6-7,9H2,2-4H3,(H2,17,18,20). The fraction of sp³-hybridized carbons (Fsp3) is 0.625. The predicted octanol–water partition coefficient (Wildman–Crippen LogP) is 0.101. The Labute approximate surface area is 140 Å². The highest BCUT2D eigenvalue weighted by molar-refractivity contribution is 5.35. The Hall–Kier alpha value is -1.92. The molecule has 8 heteroatoms. The van der Waals surface area contributed by atoms with Crippen molar-refractivity contribution in [3.63, 3.8) is 0 Å². The van der Waals surface area contributed by atoms with Gasteiger partial charge in [0.2, 0.25) is 0 Å². The highest BCUT2D eigenvalue weighted by Gasteiger charge is 2.47. The largest absolute Gasteiger partial charge is 0.383 e. The molecule has 0 amide bonds. The number of nitrogens with zero attached hydrogens (tertiary/aromatic N) is 2. The summed E-state index contributed by atoms with van der Waals surface area (Å²) in [5, 5.41) is 0. The van der Waals surface area contributed by atoms with Crippen LogP contribution in [0.4, 0.5) is 5.82 Å². The molecule has 4 atom stereocenters. The normalized spacial score (nSPS) is 26.4. The number of nitrogen functional groups attached to an aromatic ring is 1. The second-order valence-corrected chi connectivity index (χ2v) is 5.51. The molecule has 4 unspecified atom stereocenters. The van der Waals surface area contributed by atoms with Crippen molar-refractivity contribution in [1.82, 2.24) is 9.55 Å². The van der Waals surface area contributed by atoms with E-state index in [1.165, 1.54) is 4.57 Å². The van der Waals surface area contributed by atoms with Gasteiger partial charge in [-0.05, 0) is 6.92 Å². The Bertz CT molecular complexity index is 654. The lowest BCUT2D eigenvalue weighted by molar-refractivity contribution is -0.0760. The van der Waals surface area contributed by atoms with E-state index in [0.29, 0.717) is 25.2 Å². The first-order valence-corrected chi connectivity index (χ1v) is 7.61. The number of methoxy groups -OCH3 is 2. The summed E-state index contributed by atoms with van der Waals surface area (Å²) in [6.07, 6.45) is 5.31. The molecule has 1 saturated heterocycles. The number of terminal acetylenes is 1. The Morgan fingerprint density at radius 3 is 2.83 bits per heavy atom. The fourth-order valence-electron chi connectivity index (χ4n) is 2.71. The van der Waals surface area contributed by atoms with Gasteiger partial charge < -0.3 is 24.7 Å². The van der Waals surface area contributed by atoms with Crippen LogP contribution in [-0.2, 0) is 18.9 Å². The Kier molecular flexibility index (Phi) is 6.34. The van der Waals surface area contributed by atoms with Crippen LogP contribution in [0.25, 0.3) is 0 Å². The van der Waals surface area contributed by atoms with Gasteiger partial charge in [0.05, 0.1) is 13.2 Å². The molecule has 0 radical (unpaired) electrons. The fourth-order valence-corrected chi connectivity index (χ4v) is 2.71. The molecule has 1 aliphatic heterocycles. The zero-order valence-electron chi connectivity index (χ0n) is 14.1. The number of aromatic nitrogens is 2. The maximum absolute atomic E-state index is 12.2. The Morgan fingerprint density at radius 2 is 2.21 bits per heavy atom. The topological polar surface area (TPSA) is 97.8 Å². The van der Waals surface area contributed by atoms with Gasteiger partial charge in [-0.25, -0.2) is 4.79 Å². The molecule has 1 aliphatic rings. The number of nitrogens with two attached hydrogens (primary N) is 1. The number of ether oxygens (including phenoxy) is 4. The van der Waals surface area contributed by atoms with E-state index in [1.54, 1.807) is 27.3 Å². The third-order valence-corrected chi connectivity index (χ3v) is 3.89. The molecule has 0 aliphatic carbocycles. The minimum Gasteiger partial charge on any atom is -0.383 e. The summed E-state index contributed by atoms with van der Waals surface area (Å²) in [7, 11) is 3.13. The van der Waals surface area contributed by atoms with Gasteiger partial charge in [-0.3, -0.25) is 4.57 Å². The third kappa shape index (κ3) is 3.76. The molecule has 2 N–H and O–H groups in total. The molecule has 1 aromatic rings. The molecule has 1 fully saturated rings. The molecule has 8 nitrogen and oxygen atoms in total. The molecule has 2 heterocycles. The van der Waals surface area contributed by atoms with Crippen molar-refractivity contribution in [2.75, 3.05) is 33.2 Å². The van der Waals surface area contributed by atoms with Gasteiger partial charge in [-0.1, -0.05) is 0 Å². The first kappa shape index (κ1) is 18.4. The lowest BCUT2D eigenvalue weighted by Gasteiger charge is -2.24. The molecule has 2 rings (SSSR count). The van der Waals surface area contributed by atoms with Gasteiger partial charge in [0, 0.05) is 32.4 Å². The summed E-state index contributed by atoms with van der Waals surface area (Å²) >= 11 is 0. The lowest BCUT2D eigenvalue weighted by atomic mass is 10.1. The highest BCUT2D eigenvalue weighted by Crippen LogP contribution is 2.33. The average Bonchev–Trinajstić information content (AvgIpc) is 2.89. The van der Waals surface area contributed by atoms with Crippen LogP contribution in [0, 0.1) is 19.3 Å². The van der Waals surface area contributed by atoms with Crippen molar-refractivity contribution >= 4 is 5.82 Å². The van der Waals surface area contributed by atoms with Crippen molar-refractivity contribution in [3.05, 3.63) is 22.2 Å². The Morgan fingerprint density at radius 1 is 1.46 bits per heavy atom. The molecule has 132 valence electrons. The quantitative estimate of drug-likeness (QED) is 0.557. The third-order valence-electron chi connectivity index (χ3n) is 3.89. The van der Waals surface area contributed by atoms with Crippen LogP contribution in [-0.4, -0.2) is 55.3 Å². The van der Waals surface area contributed by atoms with Gasteiger partial charge >= 0.3 is 5.69 Å². The second kappa shape index (κ2) is 8.26. The van der Waals surface area contributed by atoms with E-state index in [2.05, 4.69) is 10.9 Å². The van der Waals surface area contributed by atoms with E-state index < -0.39 is 24.1 Å². The second-order valence-electron chi connectivity index (χ2n) is 5.51. The number of rotatable bonds is 7. The van der Waals surface area contributed by atoms with Crippen LogP contribution in [0.2, 0.25) is 0 Å². The first-order valence-electron chi connectivity index (χ1n) is 7.61. The Balaban J connectivity index is 2.35. The summed E-state index contributed by atoms with van der Waals surface area (Å²) in [6.45, 7) is 2.40. The lowest BCUT2D eigenvalue weighted by Crippen LogP contribution is -2.39. The molecule has 24 heavy (non-hydrogen) atoms. The van der Waals surface area contributed by atoms with Crippen molar-refractivity contribution in [2.45, 2.75) is 37.9 Å². The summed E-state index contributed by atoms with van der Waals surface area (Å²) in [5.41, 5.74) is 5.84. The summed E-state index contributed by atoms with van der Waals surface area (Å²) < 4.78 is 23.9. The van der Waals surface area contributed by atoms with E-state index in [9.17, 15) is 4.79 Å². The molecule has 0 saturated carbocycles. The van der Waals surface area contributed by atoms with Gasteiger partial charge in [0.25, 0.3) is 0 Å². The van der Waals surface area contributed by atoms with E-state index >= 15 is 0 Å². The molecular weight excluding hydrogens is 314 g/mol. The van der Waals surface area contributed by atoms with Crippen LogP contribution < -0.4 is 11.4 Å². The van der Waals surface area contributed by atoms with Gasteiger partial charge in [0.1, 0.15) is 24.1 Å². The maximum atomic E-state index is 12.2. The number of hydrogen-bond donors (Lipinski definition) is 1. The van der Waals surface area contributed by atoms with Crippen LogP contribution >= 0.6 is 0 Å². The highest BCUT2D eigenvalue weighted by atomic mass is 16.6. The zero-order chi connectivity index (χ0) is 17.7. The molecule has 1 aromatic heterocycles. The van der Waals surface area contributed by atoms with E-state index in [4.69, 9.17) is 31.1 Å². The minimum atomic E-state index is -0.702. The average molecular weight is 337 g/mol. The molecular formula is C16H23N3O5. The predicted molar refractivity (Wildman–Crippen MR) is 87.4 cm³/mol. The van der Waals surface area contributed by atoms with Crippen LogP contribution in [0.1, 0.15) is 18.2 Å². The van der Waals surface area contributed by atoms with Crippen LogP contribution in [0.15, 0.2) is 11.0 Å². The number of anilines is 1. The van der Waals surface area contributed by atoms with Gasteiger partial charge in [-0.2, -0.15) is 4.98 Å². The van der Waals surface area contributed by atoms with Crippen molar-refractivity contribution < 1.29 is 18.9 Å². The van der Waals surface area contributed by atoms with E-state index in [0.717, 1.165) is 0 Å². The SMILES string of the molecule is C#CCCOC1C(OC)C(COC)OC1n1cc(C)c(N)nc1=O. The molecule has 0 bridgehead atoms. The number of aryl methyl sites for hydroxylation is 1. The smallest absolute Gasteiger partial charge is 0.351 e. The summed E-state index contributed by atoms with van der Waals surface area (Å²) in [6, 6.07) is 0. The van der Waals surface area contributed by atoms with Crippen LogP contribution in [0.5, 0.6) is 0 Å². The van der Waals surface area contributed by atoms with Crippen molar-refractivity contribution in [2.24, 2.45) is 0 Å². The monoisotopic (exact) mass is 337 g/mol. The zero-order valence-corrected chi connectivity index (χ0v) is 14.1. The maximum Gasteiger partial charge on any atom is 0.351 e. The van der Waals surface area contributed by atoms with Crippen molar-refractivity contribution in [1.29, 1.82) is 0 Å². The molecule has 0 spiro atoms. The van der Waals surface area contributed by atoms with Gasteiger partial charge in [-0.15, -0.1) is 12.3 Å². The van der Waals surface area contributed by atoms with E-state index in [1.807, 2.05) is 0 Å². The summed E-state index contributed by atoms with van der Waals surface area (Å²) in [5.74, 6) is 2.71. The minimum absolute atomic E-state index is 0.191. The molecule has 0 aromatic carbocycles. The van der Waals surface area contributed by atoms with Crippen molar-refractivity contribution in [3.8, 4) is 12.3 Å². The van der Waals surface area contributed by atoms with Gasteiger partial charge in [0.15, 0.2) is 6.23 Å².